The average molecular weight is 257 g/mol. The van der Waals surface area contributed by atoms with Crippen LogP contribution in [0.5, 0.6) is 0 Å². The van der Waals surface area contributed by atoms with Crippen LogP contribution in [0.3, 0.4) is 0 Å². The Bertz CT molecular complexity index is 646. The smallest absolute Gasteiger partial charge is 0.358 e. The van der Waals surface area contributed by atoms with Gasteiger partial charge in [-0.15, -0.1) is 10.2 Å². The molecule has 2 rings (SSSR count). The summed E-state index contributed by atoms with van der Waals surface area (Å²) in [5.41, 5.74) is 2.29. The molecule has 0 aliphatic rings. The van der Waals surface area contributed by atoms with Gasteiger partial charge in [-0.05, 0) is 19.9 Å². The van der Waals surface area contributed by atoms with E-state index in [2.05, 4.69) is 15.5 Å². The normalized spacial score (nSPS) is 10.2. The first-order chi connectivity index (χ1) is 9.09. The fraction of sp³-hybridized carbons (Fsp3) is 0.214. The molecule has 1 aromatic heterocycles. The summed E-state index contributed by atoms with van der Waals surface area (Å²) in [6.45, 7) is 4.53. The van der Waals surface area contributed by atoms with Crippen molar-refractivity contribution in [1.29, 1.82) is 0 Å². The Morgan fingerprint density at radius 2 is 2.05 bits per heavy atom. The minimum absolute atomic E-state index is 0.0548. The van der Waals surface area contributed by atoms with Crippen LogP contribution in [0.2, 0.25) is 0 Å². The fourth-order valence-electron chi connectivity index (χ4n) is 1.74. The number of hydrogen-bond acceptors (Lipinski definition) is 4. The first-order valence-corrected chi connectivity index (χ1v) is 5.95. The van der Waals surface area contributed by atoms with E-state index in [1.165, 1.54) is 0 Å². The van der Waals surface area contributed by atoms with Crippen molar-refractivity contribution in [2.75, 3.05) is 11.9 Å². The molecule has 0 bridgehead atoms. The second-order valence-electron chi connectivity index (χ2n) is 4.41. The third-order valence-corrected chi connectivity index (χ3v) is 2.66. The zero-order valence-electron chi connectivity index (χ0n) is 10.8. The summed E-state index contributed by atoms with van der Waals surface area (Å²) in [4.78, 5) is 11.2. The van der Waals surface area contributed by atoms with Crippen LogP contribution in [0.4, 0.5) is 5.69 Å². The SMILES string of the molecule is CC(C)=CCNc1c(C(=O)O)nnc2ccccc12. The van der Waals surface area contributed by atoms with E-state index < -0.39 is 5.97 Å². The standard InChI is InChI=1S/C14H15N3O2/c1-9(2)7-8-15-12-10-5-3-4-6-11(10)16-17-13(12)14(18)19/h3-7H,8H2,1-2H3,(H,15,16)(H,18,19). The van der Waals surface area contributed by atoms with Gasteiger partial charge in [0.1, 0.15) is 0 Å². The lowest BCUT2D eigenvalue weighted by molar-refractivity contribution is 0.0690. The average Bonchev–Trinajstić information content (AvgIpc) is 2.38. The van der Waals surface area contributed by atoms with E-state index in [1.54, 1.807) is 6.07 Å². The maximum Gasteiger partial charge on any atom is 0.358 e. The summed E-state index contributed by atoms with van der Waals surface area (Å²) in [5.74, 6) is -1.09. The van der Waals surface area contributed by atoms with Crippen LogP contribution in [0.15, 0.2) is 35.9 Å². The maximum absolute atomic E-state index is 11.2. The summed E-state index contributed by atoms with van der Waals surface area (Å²) in [7, 11) is 0. The van der Waals surface area contributed by atoms with Crippen molar-refractivity contribution < 1.29 is 9.90 Å². The highest BCUT2D eigenvalue weighted by Crippen LogP contribution is 2.24. The Hall–Kier alpha value is -2.43. The highest BCUT2D eigenvalue weighted by molar-refractivity contribution is 6.02. The topological polar surface area (TPSA) is 75.1 Å². The van der Waals surface area contributed by atoms with Crippen LogP contribution < -0.4 is 5.32 Å². The van der Waals surface area contributed by atoms with Gasteiger partial charge in [-0.1, -0.05) is 29.8 Å². The number of carbonyl (C=O) groups is 1. The van der Waals surface area contributed by atoms with E-state index in [0.29, 0.717) is 17.7 Å². The highest BCUT2D eigenvalue weighted by atomic mass is 16.4. The van der Waals surface area contributed by atoms with E-state index >= 15 is 0 Å². The quantitative estimate of drug-likeness (QED) is 0.824. The molecule has 2 N–H and O–H groups in total. The van der Waals surface area contributed by atoms with E-state index in [-0.39, 0.29) is 5.69 Å². The number of nitrogens with one attached hydrogen (secondary N) is 1. The van der Waals surface area contributed by atoms with Crippen LogP contribution in [-0.4, -0.2) is 27.8 Å². The number of nitrogens with zero attached hydrogens (tertiary/aromatic N) is 2. The molecule has 0 amide bonds. The first-order valence-electron chi connectivity index (χ1n) is 5.95. The van der Waals surface area contributed by atoms with Crippen molar-refractivity contribution in [3.8, 4) is 0 Å². The molecule has 5 nitrogen and oxygen atoms in total. The number of carboxylic acid groups (broad SMARTS) is 1. The molecule has 0 aliphatic heterocycles. The van der Waals surface area contributed by atoms with Crippen LogP contribution in [0.1, 0.15) is 24.3 Å². The lowest BCUT2D eigenvalue weighted by Crippen LogP contribution is -2.10. The summed E-state index contributed by atoms with van der Waals surface area (Å²) >= 11 is 0. The van der Waals surface area contributed by atoms with Crippen molar-refractivity contribution in [1.82, 2.24) is 10.2 Å². The Morgan fingerprint density at radius 3 is 2.74 bits per heavy atom. The Kier molecular flexibility index (Phi) is 3.75. The monoisotopic (exact) mass is 257 g/mol. The molecule has 2 aromatic rings. The van der Waals surface area contributed by atoms with Gasteiger partial charge in [-0.2, -0.15) is 0 Å². The number of hydrogen-bond donors (Lipinski definition) is 2. The van der Waals surface area contributed by atoms with Gasteiger partial charge in [0.05, 0.1) is 11.2 Å². The van der Waals surface area contributed by atoms with E-state index in [4.69, 9.17) is 0 Å². The minimum atomic E-state index is -1.09. The lowest BCUT2D eigenvalue weighted by Gasteiger charge is -2.10. The molecule has 0 fully saturated rings. The number of rotatable bonds is 4. The Morgan fingerprint density at radius 1 is 1.32 bits per heavy atom. The molecule has 0 aliphatic carbocycles. The van der Waals surface area contributed by atoms with Crippen molar-refractivity contribution in [2.45, 2.75) is 13.8 Å². The third kappa shape index (κ3) is 2.88. The van der Waals surface area contributed by atoms with Crippen LogP contribution in [-0.2, 0) is 0 Å². The van der Waals surface area contributed by atoms with Crippen molar-refractivity contribution >= 4 is 22.6 Å². The van der Waals surface area contributed by atoms with Gasteiger partial charge in [-0.3, -0.25) is 0 Å². The molecule has 0 spiro atoms. The van der Waals surface area contributed by atoms with Gasteiger partial charge in [-0.25, -0.2) is 4.79 Å². The second-order valence-corrected chi connectivity index (χ2v) is 4.41. The van der Waals surface area contributed by atoms with E-state index in [0.717, 1.165) is 11.0 Å². The van der Waals surface area contributed by atoms with Crippen LogP contribution in [0.25, 0.3) is 10.9 Å². The van der Waals surface area contributed by atoms with Gasteiger partial charge >= 0.3 is 5.97 Å². The third-order valence-electron chi connectivity index (χ3n) is 2.66. The predicted octanol–water partition coefficient (Wildman–Crippen LogP) is 2.71. The first kappa shape index (κ1) is 13.0. The van der Waals surface area contributed by atoms with Crippen molar-refractivity contribution in [3.05, 3.63) is 41.6 Å². The largest absolute Gasteiger partial charge is 0.476 e. The molecule has 0 atom stereocenters. The van der Waals surface area contributed by atoms with E-state index in [9.17, 15) is 9.90 Å². The Labute approximate surface area is 111 Å². The second kappa shape index (κ2) is 5.48. The van der Waals surface area contributed by atoms with Crippen molar-refractivity contribution in [2.24, 2.45) is 0 Å². The lowest BCUT2D eigenvalue weighted by atomic mass is 10.1. The molecular formula is C14H15N3O2. The highest BCUT2D eigenvalue weighted by Gasteiger charge is 2.15. The molecular weight excluding hydrogens is 242 g/mol. The summed E-state index contributed by atoms with van der Waals surface area (Å²) < 4.78 is 0. The molecule has 19 heavy (non-hydrogen) atoms. The van der Waals surface area contributed by atoms with E-state index in [1.807, 2.05) is 38.1 Å². The molecule has 0 saturated heterocycles. The molecule has 98 valence electrons. The number of benzene rings is 1. The van der Waals surface area contributed by atoms with Gasteiger partial charge in [0.15, 0.2) is 5.69 Å². The summed E-state index contributed by atoms with van der Waals surface area (Å²) in [5, 5.41) is 20.7. The summed E-state index contributed by atoms with van der Waals surface area (Å²) in [6, 6.07) is 7.33. The number of fused-ring (bicyclic) bond motifs is 1. The number of allylic oxidation sites excluding steroid dienone is 1. The zero-order valence-corrected chi connectivity index (χ0v) is 10.8. The Balaban J connectivity index is 2.49. The van der Waals surface area contributed by atoms with Gasteiger partial charge in [0.25, 0.3) is 0 Å². The van der Waals surface area contributed by atoms with Crippen LogP contribution >= 0.6 is 0 Å². The minimum Gasteiger partial charge on any atom is -0.476 e. The number of aromatic carboxylic acids is 1. The number of carboxylic acids is 1. The number of aromatic nitrogens is 2. The molecule has 0 radical (unpaired) electrons. The number of anilines is 1. The maximum atomic E-state index is 11.2. The molecule has 0 saturated carbocycles. The molecule has 5 heteroatoms. The molecule has 1 aromatic carbocycles. The van der Waals surface area contributed by atoms with Crippen LogP contribution in [0, 0.1) is 0 Å². The zero-order chi connectivity index (χ0) is 13.8. The molecule has 0 unspecified atom stereocenters. The predicted molar refractivity (Wildman–Crippen MR) is 74.4 cm³/mol. The van der Waals surface area contributed by atoms with Gasteiger partial charge < -0.3 is 10.4 Å². The molecule has 1 heterocycles. The fourth-order valence-corrected chi connectivity index (χ4v) is 1.74. The van der Waals surface area contributed by atoms with Gasteiger partial charge in [0, 0.05) is 11.9 Å². The van der Waals surface area contributed by atoms with Crippen molar-refractivity contribution in [3.63, 3.8) is 0 Å². The van der Waals surface area contributed by atoms with Gasteiger partial charge in [0.2, 0.25) is 0 Å². The summed E-state index contributed by atoms with van der Waals surface area (Å²) in [6.07, 6.45) is 1.99.